The van der Waals surface area contributed by atoms with E-state index in [4.69, 9.17) is 5.26 Å². The highest BCUT2D eigenvalue weighted by molar-refractivity contribution is 5.65. The molecule has 0 fully saturated rings. The molecule has 2 heterocycles. The summed E-state index contributed by atoms with van der Waals surface area (Å²) in [6.07, 6.45) is 2.17. The molecule has 1 aliphatic heterocycles. The van der Waals surface area contributed by atoms with E-state index in [0.717, 1.165) is 17.7 Å². The summed E-state index contributed by atoms with van der Waals surface area (Å²) in [4.78, 5) is 17.5. The van der Waals surface area contributed by atoms with E-state index < -0.39 is 6.09 Å². The molecule has 0 saturated carbocycles. The molecule has 1 aromatic heterocycles. The van der Waals surface area contributed by atoms with Gasteiger partial charge in [-0.05, 0) is 40.7 Å². The maximum absolute atomic E-state index is 11.6. The second-order valence-electron chi connectivity index (χ2n) is 8.26. The lowest BCUT2D eigenvalue weighted by molar-refractivity contribution is 0.135. The molecule has 1 atom stereocenters. The van der Waals surface area contributed by atoms with Crippen LogP contribution in [0.15, 0.2) is 36.5 Å². The lowest BCUT2D eigenvalue weighted by Gasteiger charge is -2.33. The van der Waals surface area contributed by atoms with Gasteiger partial charge in [0.15, 0.2) is 0 Å². The zero-order valence-corrected chi connectivity index (χ0v) is 16.1. The van der Waals surface area contributed by atoms with Gasteiger partial charge in [-0.1, -0.05) is 39.0 Å². The van der Waals surface area contributed by atoms with Gasteiger partial charge in [0.2, 0.25) is 0 Å². The van der Waals surface area contributed by atoms with Gasteiger partial charge in [-0.25, -0.2) is 4.79 Å². The van der Waals surface area contributed by atoms with Crippen LogP contribution in [-0.4, -0.2) is 34.2 Å². The van der Waals surface area contributed by atoms with Gasteiger partial charge in [0.25, 0.3) is 0 Å². The van der Waals surface area contributed by atoms with Crippen LogP contribution in [0.25, 0.3) is 0 Å². The van der Waals surface area contributed by atoms with Crippen molar-refractivity contribution < 1.29 is 9.90 Å². The fourth-order valence-electron chi connectivity index (χ4n) is 3.71. The molecule has 0 radical (unpaired) electrons. The summed E-state index contributed by atoms with van der Waals surface area (Å²) >= 11 is 0. The number of aromatic nitrogens is 1. The normalized spacial score (nSPS) is 17.0. The number of nitrogens with zero attached hydrogens (tertiary/aromatic N) is 3. The molecule has 1 unspecified atom stereocenters. The number of carboxylic acid groups (broad SMARTS) is 1. The lowest BCUT2D eigenvalue weighted by atomic mass is 9.75. The average molecular weight is 363 g/mol. The summed E-state index contributed by atoms with van der Waals surface area (Å²) in [5.41, 5.74) is 5.09. The Kier molecular flexibility index (Phi) is 5.18. The molecule has 0 spiro atoms. The largest absolute Gasteiger partial charge is 0.465 e. The van der Waals surface area contributed by atoms with Crippen LogP contribution in [0.2, 0.25) is 0 Å². The Labute approximate surface area is 160 Å². The molecule has 1 aliphatic rings. The topological polar surface area (TPSA) is 77.2 Å². The monoisotopic (exact) mass is 363 g/mol. The number of amides is 1. The first-order chi connectivity index (χ1) is 12.8. The lowest BCUT2D eigenvalue weighted by Crippen LogP contribution is -2.36. The van der Waals surface area contributed by atoms with E-state index in [0.29, 0.717) is 25.1 Å². The van der Waals surface area contributed by atoms with Crippen LogP contribution in [0.5, 0.6) is 0 Å². The number of carbonyl (C=O) groups is 1. The molecule has 0 saturated heterocycles. The maximum Gasteiger partial charge on any atom is 0.407 e. The molecular weight excluding hydrogens is 338 g/mol. The van der Waals surface area contributed by atoms with Crippen molar-refractivity contribution in [2.75, 3.05) is 13.1 Å². The van der Waals surface area contributed by atoms with Crippen molar-refractivity contribution in [3.05, 3.63) is 64.5 Å². The van der Waals surface area contributed by atoms with Gasteiger partial charge in [0.1, 0.15) is 6.07 Å². The molecule has 3 rings (SSSR count). The Morgan fingerprint density at radius 2 is 2.11 bits per heavy atom. The first kappa shape index (κ1) is 18.9. The number of rotatable bonds is 2. The van der Waals surface area contributed by atoms with Crippen LogP contribution in [0.4, 0.5) is 4.79 Å². The van der Waals surface area contributed by atoms with Gasteiger partial charge < -0.3 is 10.0 Å². The van der Waals surface area contributed by atoms with E-state index in [1.54, 1.807) is 12.3 Å². The van der Waals surface area contributed by atoms with Crippen molar-refractivity contribution in [1.29, 1.82) is 5.26 Å². The molecule has 1 amide bonds. The maximum atomic E-state index is 11.6. The Morgan fingerprint density at radius 3 is 2.70 bits per heavy atom. The van der Waals surface area contributed by atoms with E-state index in [1.807, 2.05) is 6.07 Å². The fourth-order valence-corrected chi connectivity index (χ4v) is 3.71. The van der Waals surface area contributed by atoms with Crippen LogP contribution >= 0.6 is 0 Å². The summed E-state index contributed by atoms with van der Waals surface area (Å²) in [5, 5.41) is 18.4. The molecule has 140 valence electrons. The van der Waals surface area contributed by atoms with E-state index in [2.05, 4.69) is 50.0 Å². The van der Waals surface area contributed by atoms with Crippen molar-refractivity contribution in [3.63, 3.8) is 0 Å². The van der Waals surface area contributed by atoms with Crippen molar-refractivity contribution in [2.45, 2.75) is 39.5 Å². The van der Waals surface area contributed by atoms with Crippen LogP contribution in [0.3, 0.4) is 0 Å². The molecule has 0 bridgehead atoms. The van der Waals surface area contributed by atoms with Crippen molar-refractivity contribution in [3.8, 4) is 6.07 Å². The standard InChI is InChI=1S/C22H25N3O2/c1-22(2,3)20-14-25(21(26)27)9-8-17-10-15(5-7-19(17)20)11-18-6-4-16(12-23)13-24-18/h4-7,10,13,20H,8-9,11,14H2,1-3H3,(H,26,27). The van der Waals surface area contributed by atoms with Gasteiger partial charge >= 0.3 is 6.09 Å². The van der Waals surface area contributed by atoms with Gasteiger partial charge in [-0.3, -0.25) is 4.98 Å². The third kappa shape index (κ3) is 4.28. The zero-order valence-electron chi connectivity index (χ0n) is 16.1. The van der Waals surface area contributed by atoms with Crippen LogP contribution in [0, 0.1) is 16.7 Å². The molecule has 1 N–H and O–H groups in total. The molecule has 0 aliphatic carbocycles. The smallest absolute Gasteiger partial charge is 0.407 e. The average Bonchev–Trinajstić information content (AvgIpc) is 2.82. The quantitative estimate of drug-likeness (QED) is 0.867. The first-order valence-electron chi connectivity index (χ1n) is 9.22. The summed E-state index contributed by atoms with van der Waals surface area (Å²) in [7, 11) is 0. The Morgan fingerprint density at radius 1 is 1.33 bits per heavy atom. The number of pyridine rings is 1. The van der Waals surface area contributed by atoms with Crippen LogP contribution in [-0.2, 0) is 12.8 Å². The van der Waals surface area contributed by atoms with Crippen molar-refractivity contribution in [1.82, 2.24) is 9.88 Å². The van der Waals surface area contributed by atoms with E-state index >= 15 is 0 Å². The third-order valence-corrected chi connectivity index (χ3v) is 5.29. The fraction of sp³-hybridized carbons (Fsp3) is 0.409. The van der Waals surface area contributed by atoms with Gasteiger partial charge in [-0.15, -0.1) is 0 Å². The predicted molar refractivity (Wildman–Crippen MR) is 104 cm³/mol. The second-order valence-corrected chi connectivity index (χ2v) is 8.26. The molecular formula is C22H25N3O2. The molecule has 5 heteroatoms. The minimum absolute atomic E-state index is 0.0248. The Balaban J connectivity index is 1.91. The van der Waals surface area contributed by atoms with E-state index in [1.165, 1.54) is 16.0 Å². The van der Waals surface area contributed by atoms with E-state index in [9.17, 15) is 9.90 Å². The minimum Gasteiger partial charge on any atom is -0.465 e. The zero-order chi connectivity index (χ0) is 19.6. The first-order valence-corrected chi connectivity index (χ1v) is 9.22. The van der Waals surface area contributed by atoms with Gasteiger partial charge in [-0.2, -0.15) is 5.26 Å². The number of fused-ring (bicyclic) bond motifs is 1. The SMILES string of the molecule is CC(C)(C)C1CN(C(=O)O)CCc2cc(Cc3ccc(C#N)cn3)ccc21. The van der Waals surface area contributed by atoms with Crippen LogP contribution in [0.1, 0.15) is 54.6 Å². The molecule has 5 nitrogen and oxygen atoms in total. The van der Waals surface area contributed by atoms with Gasteiger partial charge in [0, 0.05) is 37.3 Å². The second kappa shape index (κ2) is 7.40. The number of hydrogen-bond acceptors (Lipinski definition) is 3. The van der Waals surface area contributed by atoms with E-state index in [-0.39, 0.29) is 11.3 Å². The molecule has 2 aromatic rings. The highest BCUT2D eigenvalue weighted by atomic mass is 16.4. The van der Waals surface area contributed by atoms with Crippen molar-refractivity contribution in [2.24, 2.45) is 5.41 Å². The summed E-state index contributed by atoms with van der Waals surface area (Å²) in [6, 6.07) is 12.2. The number of nitriles is 1. The van der Waals surface area contributed by atoms with Gasteiger partial charge in [0.05, 0.1) is 5.56 Å². The van der Waals surface area contributed by atoms with Crippen molar-refractivity contribution >= 4 is 6.09 Å². The Bertz CT molecular complexity index is 876. The Hall–Kier alpha value is -2.87. The summed E-state index contributed by atoms with van der Waals surface area (Å²) in [5.74, 6) is 0.160. The third-order valence-electron chi connectivity index (χ3n) is 5.29. The minimum atomic E-state index is -0.848. The summed E-state index contributed by atoms with van der Waals surface area (Å²) in [6.45, 7) is 7.56. The number of benzene rings is 1. The highest BCUT2D eigenvalue weighted by Crippen LogP contribution is 2.39. The highest BCUT2D eigenvalue weighted by Gasteiger charge is 2.33. The van der Waals surface area contributed by atoms with Crippen LogP contribution < -0.4 is 0 Å². The molecule has 1 aromatic carbocycles. The molecule has 27 heavy (non-hydrogen) atoms. The predicted octanol–water partition coefficient (Wildman–Crippen LogP) is 4.21. The summed E-state index contributed by atoms with van der Waals surface area (Å²) < 4.78 is 0. The number of hydrogen-bond donors (Lipinski definition) is 1.